The van der Waals surface area contributed by atoms with Crippen molar-refractivity contribution >= 4 is 16.8 Å². The first kappa shape index (κ1) is 46.3. The lowest BCUT2D eigenvalue weighted by Crippen LogP contribution is -2.62. The minimum atomic E-state index is -1.68. The van der Waals surface area contributed by atoms with Crippen molar-refractivity contribution in [3.05, 3.63) is 30.0 Å². The van der Waals surface area contributed by atoms with E-state index in [1.54, 1.807) is 18.2 Å². The number of benzene rings is 1. The van der Waals surface area contributed by atoms with E-state index in [2.05, 4.69) is 10.3 Å². The van der Waals surface area contributed by atoms with Crippen LogP contribution in [0.15, 0.2) is 24.4 Å². The number of amides is 1. The monoisotopic (exact) mass is 796 g/mol. The first-order chi connectivity index (χ1) is 27.0. The van der Waals surface area contributed by atoms with Gasteiger partial charge in [-0.2, -0.15) is 0 Å². The molecule has 1 amide bonds. The molecule has 4 rings (SSSR count). The zero-order valence-electron chi connectivity index (χ0n) is 32.9. The number of hydrogen-bond acceptors (Lipinski definition) is 13. The second-order valence-electron chi connectivity index (χ2n) is 15.5. The van der Waals surface area contributed by atoms with E-state index in [9.17, 15) is 45.6 Å². The van der Waals surface area contributed by atoms with E-state index in [0.29, 0.717) is 25.1 Å². The van der Waals surface area contributed by atoms with Crippen molar-refractivity contribution in [2.45, 2.75) is 184 Å². The minimum absolute atomic E-state index is 0.0321. The first-order valence-electron chi connectivity index (χ1n) is 20.9. The maximum absolute atomic E-state index is 12.5. The van der Waals surface area contributed by atoms with Gasteiger partial charge < -0.3 is 70.1 Å². The first-order valence-corrected chi connectivity index (χ1v) is 20.9. The van der Waals surface area contributed by atoms with E-state index in [1.165, 1.54) is 57.8 Å². The molecule has 11 unspecified atom stereocenters. The summed E-state index contributed by atoms with van der Waals surface area (Å²) in [6.45, 7) is 1.38. The summed E-state index contributed by atoms with van der Waals surface area (Å²) in [5, 5.41) is 85.0. The average molecular weight is 797 g/mol. The number of aliphatic hydroxyl groups is 8. The summed E-state index contributed by atoms with van der Waals surface area (Å²) >= 11 is 0. The van der Waals surface area contributed by atoms with Crippen LogP contribution in [0.2, 0.25) is 0 Å². The molecule has 0 spiro atoms. The number of aromatic nitrogens is 1. The van der Waals surface area contributed by atoms with Crippen molar-refractivity contribution in [3.63, 3.8) is 0 Å². The summed E-state index contributed by atoms with van der Waals surface area (Å²) in [5.74, 6) is 0.347. The Morgan fingerprint density at radius 3 is 1.96 bits per heavy atom. The molecule has 10 N–H and O–H groups in total. The molecule has 2 saturated heterocycles. The van der Waals surface area contributed by atoms with E-state index in [1.807, 2.05) is 13.1 Å². The third kappa shape index (κ3) is 14.2. The molecule has 0 radical (unpaired) electrons. The molecule has 2 fully saturated rings. The summed E-state index contributed by atoms with van der Waals surface area (Å²) in [6, 6.07) is 5.20. The largest absolute Gasteiger partial charge is 0.462 e. The molecule has 320 valence electrons. The quantitative estimate of drug-likeness (QED) is 0.0616. The van der Waals surface area contributed by atoms with Crippen LogP contribution in [-0.4, -0.2) is 139 Å². The van der Waals surface area contributed by atoms with E-state index < -0.39 is 74.6 Å². The topological polar surface area (TPSA) is 244 Å². The third-order valence-corrected chi connectivity index (χ3v) is 11.1. The second-order valence-corrected chi connectivity index (χ2v) is 15.5. The Hall–Kier alpha value is -2.41. The van der Waals surface area contributed by atoms with E-state index >= 15 is 0 Å². The van der Waals surface area contributed by atoms with Gasteiger partial charge >= 0.3 is 0 Å². The lowest BCUT2D eigenvalue weighted by Gasteiger charge is -2.42. The van der Waals surface area contributed by atoms with Crippen molar-refractivity contribution < 1.29 is 64.6 Å². The van der Waals surface area contributed by atoms with Crippen molar-refractivity contribution in [2.75, 3.05) is 19.8 Å². The standard InChI is InChI=1S/C41H68N2O13/c1-2-27(45)16-14-12-10-8-6-4-3-5-7-9-11-13-15-17-33(46)42-21-20-26-23-43-30-19-18-28(22-29(26)30)54-41-39(52)37(50)35(48)32(56-41)25-53-40-38(51)36(49)34(47)31(24-44)55-40/h18-19,22-23,27,31-32,34-41,43-45,47-52H,2-17,20-21,24-25H2,1H3,(H,42,46). The van der Waals surface area contributed by atoms with E-state index in [4.69, 9.17) is 18.9 Å². The van der Waals surface area contributed by atoms with Crippen LogP contribution >= 0.6 is 0 Å². The predicted molar refractivity (Wildman–Crippen MR) is 208 cm³/mol. The number of ether oxygens (including phenoxy) is 4. The summed E-state index contributed by atoms with van der Waals surface area (Å²) in [5.41, 5.74) is 1.78. The summed E-state index contributed by atoms with van der Waals surface area (Å²) in [6.07, 6.45) is 5.10. The van der Waals surface area contributed by atoms with Crippen LogP contribution in [0, 0.1) is 0 Å². The van der Waals surface area contributed by atoms with Gasteiger partial charge in [0.05, 0.1) is 19.3 Å². The number of rotatable bonds is 26. The number of carbonyl (C=O) groups is 1. The number of nitrogens with one attached hydrogen (secondary N) is 2. The Morgan fingerprint density at radius 2 is 1.34 bits per heavy atom. The third-order valence-electron chi connectivity index (χ3n) is 11.1. The Bertz CT molecular complexity index is 1390. The van der Waals surface area contributed by atoms with Gasteiger partial charge in [-0.1, -0.05) is 84.0 Å². The Balaban J connectivity index is 1.11. The van der Waals surface area contributed by atoms with Gasteiger partial charge in [-0.3, -0.25) is 4.79 Å². The highest BCUT2D eigenvalue weighted by Gasteiger charge is 2.48. The van der Waals surface area contributed by atoms with Crippen LogP contribution in [-0.2, 0) is 25.4 Å². The molecule has 11 atom stereocenters. The number of aliphatic hydroxyl groups excluding tert-OH is 8. The van der Waals surface area contributed by atoms with Gasteiger partial charge in [-0.25, -0.2) is 0 Å². The summed E-state index contributed by atoms with van der Waals surface area (Å²) in [7, 11) is 0. The average Bonchev–Trinajstić information content (AvgIpc) is 3.60. The number of H-pyrrole nitrogens is 1. The van der Waals surface area contributed by atoms with Gasteiger partial charge in [-0.15, -0.1) is 0 Å². The van der Waals surface area contributed by atoms with Gasteiger partial charge in [0.15, 0.2) is 6.29 Å². The fraction of sp³-hybridized carbons (Fsp3) is 0.780. The van der Waals surface area contributed by atoms with Crippen LogP contribution in [0.4, 0.5) is 0 Å². The van der Waals surface area contributed by atoms with Crippen molar-refractivity contribution in [1.82, 2.24) is 10.3 Å². The van der Waals surface area contributed by atoms with Crippen molar-refractivity contribution in [1.29, 1.82) is 0 Å². The van der Waals surface area contributed by atoms with Gasteiger partial charge in [0.25, 0.3) is 0 Å². The fourth-order valence-electron chi connectivity index (χ4n) is 7.36. The van der Waals surface area contributed by atoms with Crippen LogP contribution in [0.25, 0.3) is 10.9 Å². The van der Waals surface area contributed by atoms with Crippen LogP contribution in [0.5, 0.6) is 5.75 Å². The predicted octanol–water partition coefficient (Wildman–Crippen LogP) is 2.45. The molecule has 15 heteroatoms. The van der Waals surface area contributed by atoms with E-state index in [-0.39, 0.29) is 12.0 Å². The molecule has 3 heterocycles. The smallest absolute Gasteiger partial charge is 0.229 e. The molecule has 2 aliphatic rings. The Morgan fingerprint density at radius 1 is 0.768 bits per heavy atom. The zero-order chi connectivity index (χ0) is 40.5. The normalized spacial score (nSPS) is 28.7. The maximum atomic E-state index is 12.5. The highest BCUT2D eigenvalue weighted by Crippen LogP contribution is 2.30. The molecule has 0 saturated carbocycles. The molecular formula is C41H68N2O13. The van der Waals surface area contributed by atoms with E-state index in [0.717, 1.165) is 55.0 Å². The van der Waals surface area contributed by atoms with Gasteiger partial charge in [0.2, 0.25) is 12.2 Å². The molecular weight excluding hydrogens is 728 g/mol. The number of unbranched alkanes of at least 4 members (excludes halogenated alkanes) is 12. The molecule has 1 aromatic carbocycles. The minimum Gasteiger partial charge on any atom is -0.462 e. The van der Waals surface area contributed by atoms with Gasteiger partial charge in [-0.05, 0) is 49.4 Å². The highest BCUT2D eigenvalue weighted by atomic mass is 16.7. The van der Waals surface area contributed by atoms with Crippen LogP contribution in [0.3, 0.4) is 0 Å². The molecule has 0 bridgehead atoms. The fourth-order valence-corrected chi connectivity index (χ4v) is 7.36. The SMILES string of the molecule is CCC(O)CCCCCCCCCCCCCCCC(=O)NCCc1c[nH]c2ccc(OC3OC(COC4OC(CO)C(O)C(O)C4O)C(O)C(O)C3O)cc12. The zero-order valence-corrected chi connectivity index (χ0v) is 32.9. The molecule has 0 aliphatic carbocycles. The van der Waals surface area contributed by atoms with Crippen LogP contribution in [0.1, 0.15) is 115 Å². The van der Waals surface area contributed by atoms with Gasteiger partial charge in [0.1, 0.15) is 54.6 Å². The summed E-state index contributed by atoms with van der Waals surface area (Å²) in [4.78, 5) is 15.7. The number of aromatic amines is 1. The van der Waals surface area contributed by atoms with Gasteiger partial charge in [0, 0.05) is 30.1 Å². The second kappa shape index (κ2) is 24.5. The number of carbonyl (C=O) groups excluding carboxylic acids is 1. The maximum Gasteiger partial charge on any atom is 0.229 e. The molecule has 15 nitrogen and oxygen atoms in total. The highest BCUT2D eigenvalue weighted by molar-refractivity contribution is 5.84. The lowest BCUT2D eigenvalue weighted by atomic mass is 9.98. The van der Waals surface area contributed by atoms with Crippen LogP contribution < -0.4 is 10.1 Å². The summed E-state index contributed by atoms with van der Waals surface area (Å²) < 4.78 is 22.5. The number of fused-ring (bicyclic) bond motifs is 1. The Labute approximate surface area is 330 Å². The van der Waals surface area contributed by atoms with Crippen molar-refractivity contribution in [2.24, 2.45) is 0 Å². The Kier molecular flexibility index (Phi) is 20.2. The molecule has 1 aromatic heterocycles. The molecule has 56 heavy (non-hydrogen) atoms. The lowest BCUT2D eigenvalue weighted by molar-refractivity contribution is -0.323. The molecule has 2 aliphatic heterocycles. The van der Waals surface area contributed by atoms with Crippen molar-refractivity contribution in [3.8, 4) is 5.75 Å². The number of hydrogen-bond donors (Lipinski definition) is 10. The molecule has 2 aromatic rings.